The zero-order valence-electron chi connectivity index (χ0n) is 9.70. The molecule has 1 aliphatic heterocycles. The van der Waals surface area contributed by atoms with Crippen molar-refractivity contribution in [3.05, 3.63) is 35.6 Å². The summed E-state index contributed by atoms with van der Waals surface area (Å²) in [7, 11) is 0. The van der Waals surface area contributed by atoms with Gasteiger partial charge in [0.05, 0.1) is 5.69 Å². The van der Waals surface area contributed by atoms with Gasteiger partial charge in [0.2, 0.25) is 0 Å². The number of halogens is 1. The predicted molar refractivity (Wildman–Crippen MR) is 65.5 cm³/mol. The Balaban J connectivity index is 2.12. The van der Waals surface area contributed by atoms with E-state index in [0.29, 0.717) is 0 Å². The fraction of sp³-hybridized carbons (Fsp3) is 0.308. The van der Waals surface area contributed by atoms with E-state index in [4.69, 9.17) is 0 Å². The van der Waals surface area contributed by atoms with Gasteiger partial charge in [0.25, 0.3) is 0 Å². The van der Waals surface area contributed by atoms with E-state index in [9.17, 15) is 4.39 Å². The molecule has 1 aliphatic rings. The molecule has 0 spiro atoms. The van der Waals surface area contributed by atoms with Gasteiger partial charge in [0.1, 0.15) is 11.6 Å². The minimum Gasteiger partial charge on any atom is -0.370 e. The number of nitrogens with one attached hydrogen (secondary N) is 1. The lowest BCUT2D eigenvalue weighted by Crippen LogP contribution is -2.04. The molecule has 0 bridgehead atoms. The molecule has 0 aliphatic carbocycles. The fourth-order valence-corrected chi connectivity index (χ4v) is 2.31. The lowest BCUT2D eigenvalue weighted by atomic mass is 10.1. The summed E-state index contributed by atoms with van der Waals surface area (Å²) in [6.07, 6.45) is 0.988. The van der Waals surface area contributed by atoms with Crippen molar-refractivity contribution in [2.45, 2.75) is 19.9 Å². The molecule has 2 aromatic rings. The van der Waals surface area contributed by atoms with Crippen LogP contribution in [-0.4, -0.2) is 16.3 Å². The Kier molecular flexibility index (Phi) is 2.35. The number of hydrogen-bond acceptors (Lipinski definition) is 2. The first-order chi connectivity index (χ1) is 8.29. The monoisotopic (exact) mass is 231 g/mol. The van der Waals surface area contributed by atoms with Gasteiger partial charge in [-0.05, 0) is 37.6 Å². The van der Waals surface area contributed by atoms with Crippen molar-refractivity contribution < 1.29 is 4.39 Å². The van der Waals surface area contributed by atoms with Gasteiger partial charge in [0, 0.05) is 24.2 Å². The highest BCUT2D eigenvalue weighted by molar-refractivity contribution is 5.71. The van der Waals surface area contributed by atoms with Crippen molar-refractivity contribution in [1.29, 1.82) is 0 Å². The largest absolute Gasteiger partial charge is 0.370 e. The molecule has 0 atom stereocenters. The lowest BCUT2D eigenvalue weighted by molar-refractivity contribution is 0.628. The summed E-state index contributed by atoms with van der Waals surface area (Å²) >= 11 is 0. The van der Waals surface area contributed by atoms with Crippen molar-refractivity contribution in [3.63, 3.8) is 0 Å². The molecule has 0 fully saturated rings. The summed E-state index contributed by atoms with van der Waals surface area (Å²) in [6, 6.07) is 6.54. The Hall–Kier alpha value is -1.84. The Labute approximate surface area is 99.3 Å². The zero-order chi connectivity index (χ0) is 11.8. The summed E-state index contributed by atoms with van der Waals surface area (Å²) in [6.45, 7) is 3.87. The van der Waals surface area contributed by atoms with E-state index in [1.165, 1.54) is 17.7 Å². The average Bonchev–Trinajstić information content (AvgIpc) is 2.91. The van der Waals surface area contributed by atoms with E-state index in [0.717, 1.165) is 36.6 Å². The van der Waals surface area contributed by atoms with Crippen molar-refractivity contribution in [1.82, 2.24) is 9.78 Å². The van der Waals surface area contributed by atoms with Gasteiger partial charge in [-0.1, -0.05) is 0 Å². The summed E-state index contributed by atoms with van der Waals surface area (Å²) < 4.78 is 14.9. The zero-order valence-corrected chi connectivity index (χ0v) is 9.70. The third-order valence-corrected chi connectivity index (χ3v) is 3.14. The van der Waals surface area contributed by atoms with Crippen LogP contribution in [0.1, 0.15) is 12.5 Å². The van der Waals surface area contributed by atoms with Gasteiger partial charge in [0.15, 0.2) is 0 Å². The standard InChI is InChI=1S/C13H14FN3/c1-2-17-13-11(7-8-15-13)12(16-17)9-3-5-10(14)6-4-9/h3-6,15H,2,7-8H2,1H3. The smallest absolute Gasteiger partial charge is 0.128 e. The van der Waals surface area contributed by atoms with Gasteiger partial charge >= 0.3 is 0 Å². The van der Waals surface area contributed by atoms with Gasteiger partial charge < -0.3 is 5.32 Å². The summed E-state index contributed by atoms with van der Waals surface area (Å²) in [5.74, 6) is 0.908. The Morgan fingerprint density at radius 2 is 2.12 bits per heavy atom. The van der Waals surface area contributed by atoms with E-state index in [1.54, 1.807) is 12.1 Å². The number of anilines is 1. The SMILES string of the molecule is CCn1nc(-c2ccc(F)cc2)c2c1NCC2. The third kappa shape index (κ3) is 1.60. The molecular formula is C13H14FN3. The topological polar surface area (TPSA) is 29.9 Å². The van der Waals surface area contributed by atoms with Crippen LogP contribution in [0.15, 0.2) is 24.3 Å². The van der Waals surface area contributed by atoms with Crippen LogP contribution in [0.3, 0.4) is 0 Å². The normalized spacial score (nSPS) is 13.5. The number of rotatable bonds is 2. The highest BCUT2D eigenvalue weighted by Gasteiger charge is 2.22. The van der Waals surface area contributed by atoms with Gasteiger partial charge in [-0.3, -0.25) is 0 Å². The maximum absolute atomic E-state index is 12.9. The molecule has 1 N–H and O–H groups in total. The lowest BCUT2D eigenvalue weighted by Gasteiger charge is -2.01. The first-order valence-electron chi connectivity index (χ1n) is 5.89. The number of nitrogens with zero attached hydrogens (tertiary/aromatic N) is 2. The van der Waals surface area contributed by atoms with Crippen LogP contribution in [-0.2, 0) is 13.0 Å². The minimum absolute atomic E-state index is 0.210. The maximum Gasteiger partial charge on any atom is 0.128 e. The molecule has 1 aromatic heterocycles. The predicted octanol–water partition coefficient (Wildman–Crippen LogP) is 2.68. The first-order valence-corrected chi connectivity index (χ1v) is 5.89. The number of aryl methyl sites for hydroxylation is 1. The molecule has 17 heavy (non-hydrogen) atoms. The van der Waals surface area contributed by atoms with Gasteiger partial charge in [-0.25, -0.2) is 9.07 Å². The van der Waals surface area contributed by atoms with Crippen LogP contribution in [0, 0.1) is 5.82 Å². The number of fused-ring (bicyclic) bond motifs is 1. The number of benzene rings is 1. The first kappa shape index (κ1) is 10.3. The summed E-state index contributed by atoms with van der Waals surface area (Å²) in [5, 5.41) is 7.93. The van der Waals surface area contributed by atoms with Crippen LogP contribution in [0.4, 0.5) is 10.2 Å². The molecule has 0 saturated carbocycles. The second kappa shape index (κ2) is 3.87. The number of aromatic nitrogens is 2. The van der Waals surface area contributed by atoms with Crippen LogP contribution in [0.5, 0.6) is 0 Å². The molecule has 0 saturated heterocycles. The molecule has 0 radical (unpaired) electrons. The maximum atomic E-state index is 12.9. The van der Waals surface area contributed by atoms with Crippen molar-refractivity contribution >= 4 is 5.82 Å². The quantitative estimate of drug-likeness (QED) is 0.861. The molecule has 3 nitrogen and oxygen atoms in total. The van der Waals surface area contributed by atoms with Crippen molar-refractivity contribution in [3.8, 4) is 11.3 Å². The van der Waals surface area contributed by atoms with Crippen LogP contribution in [0.25, 0.3) is 11.3 Å². The van der Waals surface area contributed by atoms with Crippen LogP contribution in [0.2, 0.25) is 0 Å². The molecule has 4 heteroatoms. The van der Waals surface area contributed by atoms with Crippen molar-refractivity contribution in [2.75, 3.05) is 11.9 Å². The van der Waals surface area contributed by atoms with E-state index < -0.39 is 0 Å². The van der Waals surface area contributed by atoms with E-state index in [2.05, 4.69) is 17.3 Å². The van der Waals surface area contributed by atoms with E-state index in [1.807, 2.05) is 4.68 Å². The number of hydrogen-bond donors (Lipinski definition) is 1. The molecule has 88 valence electrons. The van der Waals surface area contributed by atoms with Crippen molar-refractivity contribution in [2.24, 2.45) is 0 Å². The fourth-order valence-electron chi connectivity index (χ4n) is 2.31. The second-order valence-electron chi connectivity index (χ2n) is 4.18. The molecular weight excluding hydrogens is 217 g/mol. The van der Waals surface area contributed by atoms with Crippen LogP contribution < -0.4 is 5.32 Å². The van der Waals surface area contributed by atoms with Gasteiger partial charge in [-0.2, -0.15) is 5.10 Å². The van der Waals surface area contributed by atoms with E-state index in [-0.39, 0.29) is 5.82 Å². The molecule has 3 rings (SSSR count). The molecule has 2 heterocycles. The molecule has 0 unspecified atom stereocenters. The van der Waals surface area contributed by atoms with E-state index >= 15 is 0 Å². The Morgan fingerprint density at radius 3 is 2.82 bits per heavy atom. The Bertz CT molecular complexity index is 543. The highest BCUT2D eigenvalue weighted by Crippen LogP contribution is 2.32. The average molecular weight is 231 g/mol. The van der Waals surface area contributed by atoms with Crippen LogP contribution >= 0.6 is 0 Å². The summed E-state index contributed by atoms with van der Waals surface area (Å²) in [4.78, 5) is 0. The summed E-state index contributed by atoms with van der Waals surface area (Å²) in [5.41, 5.74) is 3.21. The second-order valence-corrected chi connectivity index (χ2v) is 4.18. The highest BCUT2D eigenvalue weighted by atomic mass is 19.1. The third-order valence-electron chi connectivity index (χ3n) is 3.14. The Morgan fingerprint density at radius 1 is 1.35 bits per heavy atom. The van der Waals surface area contributed by atoms with Gasteiger partial charge in [-0.15, -0.1) is 0 Å². The molecule has 1 aromatic carbocycles. The minimum atomic E-state index is -0.210. The molecule has 0 amide bonds.